The molecule has 3 rings (SSSR count). The zero-order valence-corrected chi connectivity index (χ0v) is 16.3. The zero-order valence-electron chi connectivity index (χ0n) is 16.3. The zero-order chi connectivity index (χ0) is 20.4. The molecule has 9 nitrogen and oxygen atoms in total. The summed E-state index contributed by atoms with van der Waals surface area (Å²) in [6, 6.07) is 7.15. The van der Waals surface area contributed by atoms with Crippen molar-refractivity contribution < 1.29 is 9.53 Å². The molecule has 9 heteroatoms. The summed E-state index contributed by atoms with van der Waals surface area (Å²) in [7, 11) is 4.78. The maximum absolute atomic E-state index is 12.7. The van der Waals surface area contributed by atoms with E-state index in [9.17, 15) is 14.4 Å². The minimum Gasteiger partial charge on any atom is -0.497 e. The molecule has 28 heavy (non-hydrogen) atoms. The van der Waals surface area contributed by atoms with Gasteiger partial charge in [0.25, 0.3) is 5.56 Å². The van der Waals surface area contributed by atoms with Crippen LogP contribution in [0.15, 0.2) is 40.2 Å². The molecule has 0 radical (unpaired) electrons. The molecule has 1 unspecified atom stereocenters. The second kappa shape index (κ2) is 7.71. The van der Waals surface area contributed by atoms with Gasteiger partial charge < -0.3 is 14.6 Å². The fraction of sp³-hybridized carbons (Fsp3) is 0.368. The number of aromatic nitrogens is 4. The van der Waals surface area contributed by atoms with E-state index in [1.165, 1.54) is 22.5 Å². The number of fused-ring (bicyclic) bond motifs is 1. The minimum atomic E-state index is -0.580. The van der Waals surface area contributed by atoms with Gasteiger partial charge in [0.05, 0.1) is 19.5 Å². The van der Waals surface area contributed by atoms with E-state index in [1.807, 2.05) is 31.2 Å². The molecule has 0 bridgehead atoms. The van der Waals surface area contributed by atoms with E-state index < -0.39 is 17.2 Å². The highest BCUT2D eigenvalue weighted by atomic mass is 16.5. The smallest absolute Gasteiger partial charge is 0.332 e. The number of aryl methyl sites for hydroxylation is 2. The summed E-state index contributed by atoms with van der Waals surface area (Å²) in [5, 5.41) is 2.89. The Morgan fingerprint density at radius 3 is 2.50 bits per heavy atom. The number of hydrogen-bond acceptors (Lipinski definition) is 5. The fourth-order valence-electron chi connectivity index (χ4n) is 3.18. The van der Waals surface area contributed by atoms with Crippen molar-refractivity contribution in [3.05, 3.63) is 57.0 Å². The third-order valence-electron chi connectivity index (χ3n) is 4.76. The molecule has 1 amide bonds. The lowest BCUT2D eigenvalue weighted by Crippen LogP contribution is -2.44. The Morgan fingerprint density at radius 2 is 1.89 bits per heavy atom. The van der Waals surface area contributed by atoms with Gasteiger partial charge in [-0.05, 0) is 24.1 Å². The first-order valence-electron chi connectivity index (χ1n) is 8.91. The average Bonchev–Trinajstić information content (AvgIpc) is 3.09. The van der Waals surface area contributed by atoms with Crippen LogP contribution in [0.25, 0.3) is 11.2 Å². The number of ether oxygens (including phenoxy) is 1. The second-order valence-electron chi connectivity index (χ2n) is 6.56. The van der Waals surface area contributed by atoms with Crippen LogP contribution >= 0.6 is 0 Å². The van der Waals surface area contributed by atoms with Crippen molar-refractivity contribution in [1.29, 1.82) is 0 Å². The SMILES string of the molecule is CCC(NC(=O)Cn1c(=O)c2c(ncn2C)n(C)c1=O)c1ccc(OC)cc1. The molecular weight excluding hydrogens is 362 g/mol. The van der Waals surface area contributed by atoms with Gasteiger partial charge in [0.1, 0.15) is 12.3 Å². The van der Waals surface area contributed by atoms with Gasteiger partial charge in [0, 0.05) is 14.1 Å². The maximum Gasteiger partial charge on any atom is 0.332 e. The van der Waals surface area contributed by atoms with E-state index in [0.717, 1.165) is 15.9 Å². The van der Waals surface area contributed by atoms with Crippen molar-refractivity contribution >= 4 is 17.1 Å². The van der Waals surface area contributed by atoms with Crippen molar-refractivity contribution in [3.8, 4) is 5.75 Å². The van der Waals surface area contributed by atoms with Crippen LogP contribution in [0, 0.1) is 0 Å². The molecule has 0 spiro atoms. The lowest BCUT2D eigenvalue weighted by Gasteiger charge is -2.18. The molecule has 2 aromatic heterocycles. The number of benzene rings is 1. The third-order valence-corrected chi connectivity index (χ3v) is 4.76. The molecule has 1 aromatic carbocycles. The first-order valence-corrected chi connectivity index (χ1v) is 8.91. The van der Waals surface area contributed by atoms with Gasteiger partial charge in [-0.2, -0.15) is 0 Å². The lowest BCUT2D eigenvalue weighted by atomic mass is 10.0. The highest BCUT2D eigenvalue weighted by molar-refractivity contribution is 5.77. The lowest BCUT2D eigenvalue weighted by molar-refractivity contribution is -0.122. The number of rotatable bonds is 6. The van der Waals surface area contributed by atoms with Crippen LogP contribution in [0.5, 0.6) is 5.75 Å². The monoisotopic (exact) mass is 385 g/mol. The number of methoxy groups -OCH3 is 1. The standard InChI is InChI=1S/C19H23N5O4/c1-5-14(12-6-8-13(28-4)9-7-12)21-15(25)10-24-18(26)16-17(20-11-22(16)2)23(3)19(24)27/h6-9,11,14H,5,10H2,1-4H3,(H,21,25). The molecule has 1 atom stereocenters. The number of imidazole rings is 1. The van der Waals surface area contributed by atoms with Crippen LogP contribution < -0.4 is 21.3 Å². The molecule has 0 aliphatic carbocycles. The summed E-state index contributed by atoms with van der Waals surface area (Å²) >= 11 is 0. The topological polar surface area (TPSA) is 100 Å². The van der Waals surface area contributed by atoms with Crippen LogP contribution in [0.2, 0.25) is 0 Å². The summed E-state index contributed by atoms with van der Waals surface area (Å²) in [6.45, 7) is 1.58. The van der Waals surface area contributed by atoms with Gasteiger partial charge in [0.15, 0.2) is 11.2 Å². The Labute approximate surface area is 161 Å². The summed E-state index contributed by atoms with van der Waals surface area (Å²) in [6.07, 6.45) is 2.12. The normalized spacial score (nSPS) is 12.1. The number of carbonyl (C=O) groups is 1. The van der Waals surface area contributed by atoms with E-state index in [1.54, 1.807) is 14.2 Å². The van der Waals surface area contributed by atoms with Crippen LogP contribution in [-0.2, 0) is 25.4 Å². The molecule has 1 N–H and O–H groups in total. The quantitative estimate of drug-likeness (QED) is 0.674. The van der Waals surface area contributed by atoms with Gasteiger partial charge in [0.2, 0.25) is 5.91 Å². The van der Waals surface area contributed by atoms with E-state index in [-0.39, 0.29) is 18.1 Å². The summed E-state index contributed by atoms with van der Waals surface area (Å²) in [5.74, 6) is 0.313. The summed E-state index contributed by atoms with van der Waals surface area (Å²) < 4.78 is 8.89. The number of amides is 1. The predicted octanol–water partition coefficient (Wildman–Crippen LogP) is 0.710. The Hall–Kier alpha value is -3.36. The molecule has 148 valence electrons. The maximum atomic E-state index is 12.7. The first kappa shape index (κ1) is 19.4. The Balaban J connectivity index is 1.87. The van der Waals surface area contributed by atoms with Gasteiger partial charge in [-0.1, -0.05) is 19.1 Å². The van der Waals surface area contributed by atoms with Crippen molar-refractivity contribution in [1.82, 2.24) is 24.0 Å². The highest BCUT2D eigenvalue weighted by Gasteiger charge is 2.19. The van der Waals surface area contributed by atoms with Gasteiger partial charge in [-0.25, -0.2) is 14.3 Å². The van der Waals surface area contributed by atoms with E-state index in [2.05, 4.69) is 10.3 Å². The molecule has 0 saturated carbocycles. The fourth-order valence-corrected chi connectivity index (χ4v) is 3.18. The number of carbonyl (C=O) groups excluding carboxylic acids is 1. The highest BCUT2D eigenvalue weighted by Crippen LogP contribution is 2.20. The largest absolute Gasteiger partial charge is 0.497 e. The molecule has 3 aromatic rings. The van der Waals surface area contributed by atoms with Crippen LogP contribution in [0.4, 0.5) is 0 Å². The predicted molar refractivity (Wildman–Crippen MR) is 104 cm³/mol. The molecule has 0 saturated heterocycles. The first-order chi connectivity index (χ1) is 13.4. The molecule has 0 aliphatic heterocycles. The number of hydrogen-bond donors (Lipinski definition) is 1. The van der Waals surface area contributed by atoms with Crippen molar-refractivity contribution in [2.75, 3.05) is 7.11 Å². The van der Waals surface area contributed by atoms with Gasteiger partial charge in [-0.3, -0.25) is 14.2 Å². The van der Waals surface area contributed by atoms with E-state index >= 15 is 0 Å². The number of nitrogens with one attached hydrogen (secondary N) is 1. The van der Waals surface area contributed by atoms with Crippen molar-refractivity contribution in [2.45, 2.75) is 25.9 Å². The van der Waals surface area contributed by atoms with Crippen molar-refractivity contribution in [2.24, 2.45) is 14.1 Å². The molecule has 2 heterocycles. The summed E-state index contributed by atoms with van der Waals surface area (Å²) in [4.78, 5) is 41.9. The second-order valence-corrected chi connectivity index (χ2v) is 6.56. The Kier molecular flexibility index (Phi) is 5.34. The average molecular weight is 385 g/mol. The third kappa shape index (κ3) is 3.42. The van der Waals surface area contributed by atoms with Crippen LogP contribution in [0.3, 0.4) is 0 Å². The molecule has 0 fully saturated rings. The minimum absolute atomic E-state index is 0.238. The van der Waals surface area contributed by atoms with E-state index in [4.69, 9.17) is 4.74 Å². The van der Waals surface area contributed by atoms with E-state index in [0.29, 0.717) is 12.1 Å². The van der Waals surface area contributed by atoms with Crippen LogP contribution in [0.1, 0.15) is 24.9 Å². The van der Waals surface area contributed by atoms with Gasteiger partial charge in [-0.15, -0.1) is 0 Å². The van der Waals surface area contributed by atoms with Crippen molar-refractivity contribution in [3.63, 3.8) is 0 Å². The Bertz CT molecular complexity index is 1120. The van der Waals surface area contributed by atoms with Gasteiger partial charge >= 0.3 is 5.69 Å². The van der Waals surface area contributed by atoms with Crippen LogP contribution in [-0.4, -0.2) is 31.7 Å². The molecule has 0 aliphatic rings. The number of nitrogens with zero attached hydrogens (tertiary/aromatic N) is 4. The summed E-state index contributed by atoms with van der Waals surface area (Å²) in [5.41, 5.74) is 0.365. The molecular formula is C19H23N5O4. The Morgan fingerprint density at radius 1 is 1.21 bits per heavy atom.